The first-order valence-electron chi connectivity index (χ1n) is 6.86. The van der Waals surface area contributed by atoms with E-state index in [2.05, 4.69) is 0 Å². The van der Waals surface area contributed by atoms with Gasteiger partial charge in [-0.2, -0.15) is 0 Å². The minimum absolute atomic E-state index is 0.181. The van der Waals surface area contributed by atoms with Crippen molar-refractivity contribution >= 4 is 5.97 Å². The van der Waals surface area contributed by atoms with E-state index in [-0.39, 0.29) is 11.7 Å². The Labute approximate surface area is 123 Å². The number of hydrogen-bond acceptors (Lipinski definition) is 3. The lowest BCUT2D eigenvalue weighted by Gasteiger charge is -2.08. The van der Waals surface area contributed by atoms with Gasteiger partial charge in [-0.15, -0.1) is 0 Å². The molecule has 0 heterocycles. The van der Waals surface area contributed by atoms with Crippen LogP contribution in [0.2, 0.25) is 0 Å². The molecule has 0 saturated heterocycles. The molecule has 2 aromatic rings. The van der Waals surface area contributed by atoms with Crippen LogP contribution in [0.5, 0.6) is 11.5 Å². The number of esters is 1. The molecule has 3 nitrogen and oxygen atoms in total. The number of aryl methyl sites for hydroxylation is 1. The van der Waals surface area contributed by atoms with E-state index in [0.717, 1.165) is 5.56 Å². The summed E-state index contributed by atoms with van der Waals surface area (Å²) in [5.41, 5.74) is 0.942. The number of benzene rings is 2. The fraction of sp³-hybridized carbons (Fsp3) is 0.235. The fourth-order valence-corrected chi connectivity index (χ4v) is 1.90. The summed E-state index contributed by atoms with van der Waals surface area (Å²) in [5, 5.41) is 0. The van der Waals surface area contributed by atoms with Crippen molar-refractivity contribution in [2.45, 2.75) is 19.8 Å². The number of halogens is 1. The van der Waals surface area contributed by atoms with Crippen LogP contribution < -0.4 is 4.74 Å². The molecule has 0 aromatic heterocycles. The topological polar surface area (TPSA) is 35.5 Å². The Balaban J connectivity index is 2.01. The van der Waals surface area contributed by atoms with Gasteiger partial charge in [0.2, 0.25) is 0 Å². The molecule has 4 heteroatoms. The molecule has 0 radical (unpaired) electrons. The summed E-state index contributed by atoms with van der Waals surface area (Å²) in [4.78, 5) is 11.3. The molecule has 0 unspecified atom stereocenters. The van der Waals surface area contributed by atoms with Crippen molar-refractivity contribution in [1.29, 1.82) is 0 Å². The lowest BCUT2D eigenvalue weighted by Crippen LogP contribution is -2.05. The summed E-state index contributed by atoms with van der Waals surface area (Å²) in [6, 6.07) is 13.5. The third-order valence-electron chi connectivity index (χ3n) is 2.89. The van der Waals surface area contributed by atoms with Crippen LogP contribution in [-0.4, -0.2) is 12.6 Å². The van der Waals surface area contributed by atoms with Crippen LogP contribution in [0.4, 0.5) is 4.39 Å². The SMILES string of the molecule is CCOC(=O)CCc1cccc(Oc2ccccc2F)c1. The maximum absolute atomic E-state index is 13.5. The monoisotopic (exact) mass is 288 g/mol. The maximum Gasteiger partial charge on any atom is 0.306 e. The first-order chi connectivity index (χ1) is 10.2. The quantitative estimate of drug-likeness (QED) is 0.750. The van der Waals surface area contributed by atoms with Gasteiger partial charge in [0.25, 0.3) is 0 Å². The fourth-order valence-electron chi connectivity index (χ4n) is 1.90. The van der Waals surface area contributed by atoms with Crippen molar-refractivity contribution in [2.24, 2.45) is 0 Å². The molecule has 2 rings (SSSR count). The normalized spacial score (nSPS) is 10.2. The first-order valence-corrected chi connectivity index (χ1v) is 6.86. The van der Waals surface area contributed by atoms with Crippen molar-refractivity contribution < 1.29 is 18.7 Å². The van der Waals surface area contributed by atoms with Crippen LogP contribution in [0.3, 0.4) is 0 Å². The van der Waals surface area contributed by atoms with E-state index >= 15 is 0 Å². The lowest BCUT2D eigenvalue weighted by atomic mass is 10.1. The summed E-state index contributed by atoms with van der Waals surface area (Å²) in [5.74, 6) is 0.0915. The Bertz CT molecular complexity index is 610. The third kappa shape index (κ3) is 4.60. The predicted octanol–water partition coefficient (Wildman–Crippen LogP) is 4.11. The molecule has 0 bridgehead atoms. The minimum Gasteiger partial charge on any atom is -0.466 e. The highest BCUT2D eigenvalue weighted by Crippen LogP contribution is 2.25. The first kappa shape index (κ1) is 15.0. The summed E-state index contributed by atoms with van der Waals surface area (Å²) in [7, 11) is 0. The molecule has 21 heavy (non-hydrogen) atoms. The summed E-state index contributed by atoms with van der Waals surface area (Å²) >= 11 is 0. The van der Waals surface area contributed by atoms with E-state index in [1.807, 2.05) is 12.1 Å². The zero-order valence-corrected chi connectivity index (χ0v) is 11.8. The van der Waals surface area contributed by atoms with Crippen LogP contribution in [0.1, 0.15) is 18.9 Å². The highest BCUT2D eigenvalue weighted by molar-refractivity contribution is 5.69. The second-order valence-electron chi connectivity index (χ2n) is 4.48. The molecule has 0 aliphatic heterocycles. The lowest BCUT2D eigenvalue weighted by molar-refractivity contribution is -0.143. The van der Waals surface area contributed by atoms with Crippen molar-refractivity contribution in [2.75, 3.05) is 6.61 Å². The number of para-hydroxylation sites is 1. The average Bonchev–Trinajstić information content (AvgIpc) is 2.48. The number of carbonyl (C=O) groups excluding carboxylic acids is 1. The molecule has 0 fully saturated rings. The molecule has 0 aliphatic carbocycles. The zero-order chi connectivity index (χ0) is 15.1. The van der Waals surface area contributed by atoms with Crippen molar-refractivity contribution in [1.82, 2.24) is 0 Å². The Kier molecular flexibility index (Phi) is 5.32. The smallest absolute Gasteiger partial charge is 0.306 e. The van der Waals surface area contributed by atoms with Gasteiger partial charge in [-0.05, 0) is 43.2 Å². The van der Waals surface area contributed by atoms with E-state index in [1.54, 1.807) is 37.3 Å². The highest BCUT2D eigenvalue weighted by atomic mass is 19.1. The second-order valence-corrected chi connectivity index (χ2v) is 4.48. The van der Waals surface area contributed by atoms with Crippen LogP contribution in [0.25, 0.3) is 0 Å². The molecular weight excluding hydrogens is 271 g/mol. The Morgan fingerprint density at radius 3 is 2.71 bits per heavy atom. The van der Waals surface area contributed by atoms with Crippen molar-refractivity contribution in [3.05, 3.63) is 59.9 Å². The van der Waals surface area contributed by atoms with Crippen molar-refractivity contribution in [3.63, 3.8) is 0 Å². The molecule has 0 N–H and O–H groups in total. The van der Waals surface area contributed by atoms with Gasteiger partial charge in [0.15, 0.2) is 11.6 Å². The molecule has 0 saturated carbocycles. The number of hydrogen-bond donors (Lipinski definition) is 0. The van der Waals surface area contributed by atoms with Crippen molar-refractivity contribution in [3.8, 4) is 11.5 Å². The number of ether oxygens (including phenoxy) is 2. The molecule has 0 aliphatic rings. The molecule has 110 valence electrons. The van der Waals surface area contributed by atoms with Crippen LogP contribution in [-0.2, 0) is 16.0 Å². The van der Waals surface area contributed by atoms with Gasteiger partial charge in [0, 0.05) is 6.42 Å². The van der Waals surface area contributed by atoms with E-state index in [0.29, 0.717) is 25.2 Å². The number of carbonyl (C=O) groups is 1. The third-order valence-corrected chi connectivity index (χ3v) is 2.89. The predicted molar refractivity (Wildman–Crippen MR) is 77.9 cm³/mol. The molecule has 2 aromatic carbocycles. The van der Waals surface area contributed by atoms with Crippen LogP contribution in [0.15, 0.2) is 48.5 Å². The van der Waals surface area contributed by atoms with E-state index < -0.39 is 5.82 Å². The summed E-state index contributed by atoms with van der Waals surface area (Å²) in [6.07, 6.45) is 0.879. The maximum atomic E-state index is 13.5. The van der Waals surface area contributed by atoms with Gasteiger partial charge in [-0.1, -0.05) is 24.3 Å². The minimum atomic E-state index is -0.408. The van der Waals surface area contributed by atoms with Gasteiger partial charge in [-0.25, -0.2) is 4.39 Å². The van der Waals surface area contributed by atoms with Crippen LogP contribution >= 0.6 is 0 Å². The Hall–Kier alpha value is -2.36. The van der Waals surface area contributed by atoms with E-state index in [9.17, 15) is 9.18 Å². The molecule has 0 amide bonds. The molecular formula is C17H17FO3. The Morgan fingerprint density at radius 2 is 1.95 bits per heavy atom. The molecule has 0 atom stereocenters. The standard InChI is InChI=1S/C17H17FO3/c1-2-20-17(19)11-10-13-6-5-7-14(12-13)21-16-9-4-3-8-15(16)18/h3-9,12H,2,10-11H2,1H3. The van der Waals surface area contributed by atoms with Gasteiger partial charge in [-0.3, -0.25) is 4.79 Å². The average molecular weight is 288 g/mol. The number of rotatable bonds is 6. The summed E-state index contributed by atoms with van der Waals surface area (Å²) < 4.78 is 23.9. The van der Waals surface area contributed by atoms with Gasteiger partial charge < -0.3 is 9.47 Å². The zero-order valence-electron chi connectivity index (χ0n) is 11.8. The Morgan fingerprint density at radius 1 is 1.14 bits per heavy atom. The van der Waals surface area contributed by atoms with Gasteiger partial charge in [0.05, 0.1) is 6.61 Å². The van der Waals surface area contributed by atoms with Gasteiger partial charge in [0.1, 0.15) is 5.75 Å². The van der Waals surface area contributed by atoms with Gasteiger partial charge >= 0.3 is 5.97 Å². The molecule has 0 spiro atoms. The summed E-state index contributed by atoms with van der Waals surface area (Å²) in [6.45, 7) is 2.16. The largest absolute Gasteiger partial charge is 0.466 e. The second kappa shape index (κ2) is 7.43. The van der Waals surface area contributed by atoms with E-state index in [4.69, 9.17) is 9.47 Å². The van der Waals surface area contributed by atoms with Crippen LogP contribution in [0, 0.1) is 5.82 Å². The highest BCUT2D eigenvalue weighted by Gasteiger charge is 2.06. The van der Waals surface area contributed by atoms with E-state index in [1.165, 1.54) is 6.07 Å².